The lowest BCUT2D eigenvalue weighted by Crippen LogP contribution is -2.45. The zero-order chi connectivity index (χ0) is 64.9. The van der Waals surface area contributed by atoms with Gasteiger partial charge in [0.05, 0.1) is 25.4 Å². The molecule has 0 fully saturated rings. The summed E-state index contributed by atoms with van der Waals surface area (Å²) in [6.07, 6.45) is 103. The second-order valence-corrected chi connectivity index (χ2v) is 28.8. The van der Waals surface area contributed by atoms with Gasteiger partial charge in [-0.15, -0.1) is 0 Å². The molecule has 534 valence electrons. The molecular weight excluding hydrogens is 1100 g/mol. The van der Waals surface area contributed by atoms with Crippen molar-refractivity contribution in [2.24, 2.45) is 0 Å². The summed E-state index contributed by atoms with van der Waals surface area (Å²) >= 11 is 0. The highest BCUT2D eigenvalue weighted by molar-refractivity contribution is 5.76. The average Bonchev–Trinajstić information content (AvgIpc) is 3.71. The predicted molar refractivity (Wildman–Crippen MR) is 398 cm³/mol. The van der Waals surface area contributed by atoms with E-state index in [1.165, 1.54) is 398 Å². The molecule has 2 atom stereocenters. The monoisotopic (exact) mass is 1270 g/mol. The summed E-state index contributed by atoms with van der Waals surface area (Å²) in [4.78, 5) is 24.7. The highest BCUT2D eigenvalue weighted by Gasteiger charge is 2.20. The Morgan fingerprint density at radius 1 is 0.300 bits per heavy atom. The minimum Gasteiger partial charge on any atom is -0.466 e. The molecule has 2 unspecified atom stereocenters. The SMILES string of the molecule is CCCCCCCCC/C=C\CCCCCCCCCC(=O)OCCCCCCCCCCCCCCCC/C=C\CCCCCCCCCCCCCCCCCCCC(=O)NC(CO)C(O)CCCCCCCCCCCCCCCCCCCCCC. The quantitative estimate of drug-likeness (QED) is 0.0320. The summed E-state index contributed by atoms with van der Waals surface area (Å²) in [6.45, 7) is 5.01. The largest absolute Gasteiger partial charge is 0.466 e. The third-order valence-corrected chi connectivity index (χ3v) is 19.7. The van der Waals surface area contributed by atoms with Crippen LogP contribution in [0, 0.1) is 0 Å². The van der Waals surface area contributed by atoms with Crippen LogP contribution in [0.1, 0.15) is 476 Å². The summed E-state index contributed by atoms with van der Waals surface area (Å²) < 4.78 is 5.51. The molecule has 0 aliphatic heterocycles. The van der Waals surface area contributed by atoms with Crippen LogP contribution in [0.5, 0.6) is 0 Å². The summed E-state index contributed by atoms with van der Waals surface area (Å²) in [5.41, 5.74) is 0. The molecule has 0 aromatic carbocycles. The molecule has 0 radical (unpaired) electrons. The lowest BCUT2D eigenvalue weighted by atomic mass is 10.0. The van der Waals surface area contributed by atoms with E-state index in [2.05, 4.69) is 43.5 Å². The summed E-state index contributed by atoms with van der Waals surface area (Å²) in [5, 5.41) is 23.5. The van der Waals surface area contributed by atoms with Crippen LogP contribution in [0.15, 0.2) is 24.3 Å². The highest BCUT2D eigenvalue weighted by atomic mass is 16.5. The number of aliphatic hydroxyl groups is 2. The van der Waals surface area contributed by atoms with Gasteiger partial charge in [0.2, 0.25) is 5.91 Å². The molecule has 0 bridgehead atoms. The van der Waals surface area contributed by atoms with Crippen molar-refractivity contribution in [3.8, 4) is 0 Å². The first kappa shape index (κ1) is 88.3. The topological polar surface area (TPSA) is 95.9 Å². The molecule has 0 aromatic rings. The molecule has 0 aliphatic carbocycles. The van der Waals surface area contributed by atoms with E-state index in [9.17, 15) is 19.8 Å². The van der Waals surface area contributed by atoms with Gasteiger partial charge in [-0.2, -0.15) is 0 Å². The molecule has 0 saturated heterocycles. The Balaban J connectivity index is 3.33. The van der Waals surface area contributed by atoms with Gasteiger partial charge >= 0.3 is 5.97 Å². The molecule has 0 saturated carbocycles. The zero-order valence-electron chi connectivity index (χ0n) is 61.4. The Bertz CT molecular complexity index is 1410. The Morgan fingerprint density at radius 3 is 0.789 bits per heavy atom. The van der Waals surface area contributed by atoms with Crippen LogP contribution < -0.4 is 5.32 Å². The van der Waals surface area contributed by atoms with Crippen LogP contribution in [-0.4, -0.2) is 47.4 Å². The normalized spacial score (nSPS) is 12.5. The molecule has 0 spiro atoms. The summed E-state index contributed by atoms with van der Waals surface area (Å²) in [7, 11) is 0. The third-order valence-electron chi connectivity index (χ3n) is 19.7. The molecule has 6 heteroatoms. The Labute approximate surface area is 564 Å². The first-order valence-electron chi connectivity index (χ1n) is 41.6. The second-order valence-electron chi connectivity index (χ2n) is 28.8. The molecule has 6 nitrogen and oxygen atoms in total. The van der Waals surface area contributed by atoms with Crippen LogP contribution in [0.3, 0.4) is 0 Å². The van der Waals surface area contributed by atoms with E-state index in [-0.39, 0.29) is 18.5 Å². The Hall–Kier alpha value is -1.66. The predicted octanol–water partition coefficient (Wildman–Crippen LogP) is 27.6. The maximum absolute atomic E-state index is 12.6. The van der Waals surface area contributed by atoms with Crippen molar-refractivity contribution >= 4 is 11.9 Å². The number of esters is 1. The number of allylic oxidation sites excluding steroid dienone is 4. The number of hydrogen-bond donors (Lipinski definition) is 3. The van der Waals surface area contributed by atoms with Gasteiger partial charge in [-0.25, -0.2) is 0 Å². The van der Waals surface area contributed by atoms with Gasteiger partial charge < -0.3 is 20.3 Å². The van der Waals surface area contributed by atoms with Gasteiger partial charge in [-0.3, -0.25) is 9.59 Å². The summed E-state index contributed by atoms with van der Waals surface area (Å²) in [5.74, 6) is -0.00763. The van der Waals surface area contributed by atoms with Crippen molar-refractivity contribution in [1.29, 1.82) is 0 Å². The van der Waals surface area contributed by atoms with Crippen molar-refractivity contribution in [2.75, 3.05) is 13.2 Å². The third kappa shape index (κ3) is 75.4. The van der Waals surface area contributed by atoms with Crippen molar-refractivity contribution in [1.82, 2.24) is 5.32 Å². The van der Waals surface area contributed by atoms with E-state index in [1.54, 1.807) is 0 Å². The van der Waals surface area contributed by atoms with Crippen molar-refractivity contribution in [2.45, 2.75) is 488 Å². The van der Waals surface area contributed by atoms with Gasteiger partial charge in [-0.1, -0.05) is 411 Å². The smallest absolute Gasteiger partial charge is 0.305 e. The van der Waals surface area contributed by atoms with Gasteiger partial charge in [0.1, 0.15) is 0 Å². The number of carbonyl (C=O) groups excluding carboxylic acids is 2. The number of rotatable bonds is 79. The number of unbranched alkanes of at least 4 members (excludes halogenated alkanes) is 64. The standard InChI is InChI=1S/C84H163NO5/c1-3-5-7-9-11-13-15-17-19-21-23-41-44-48-52-56-60-64-68-72-76-82(87)81(80-86)85-83(88)77-73-69-65-61-57-53-49-45-42-39-37-35-33-31-29-27-25-24-26-28-30-32-34-36-38-40-43-47-51-55-59-63-67-71-75-79-90-84(89)78-74-70-66-62-58-54-50-46-22-20-18-16-14-12-10-8-6-4-2/h20,22,26,28,81-82,86-87H,3-19,21,23-25,27,29-80H2,1-2H3,(H,85,88)/b22-20-,28-26-. The molecular formula is C84H163NO5. The Kier molecular flexibility index (Phi) is 78.3. The van der Waals surface area contributed by atoms with Crippen molar-refractivity contribution < 1.29 is 24.5 Å². The van der Waals surface area contributed by atoms with Crippen molar-refractivity contribution in [3.63, 3.8) is 0 Å². The fourth-order valence-corrected chi connectivity index (χ4v) is 13.4. The molecule has 0 aliphatic rings. The van der Waals surface area contributed by atoms with E-state index in [0.29, 0.717) is 25.9 Å². The van der Waals surface area contributed by atoms with E-state index < -0.39 is 12.1 Å². The van der Waals surface area contributed by atoms with Crippen LogP contribution >= 0.6 is 0 Å². The van der Waals surface area contributed by atoms with E-state index in [0.717, 1.165) is 44.9 Å². The molecule has 0 rings (SSSR count). The minimum atomic E-state index is -0.663. The van der Waals surface area contributed by atoms with Crippen molar-refractivity contribution in [3.05, 3.63) is 24.3 Å². The molecule has 1 amide bonds. The first-order valence-corrected chi connectivity index (χ1v) is 41.6. The van der Waals surface area contributed by atoms with E-state index in [1.807, 2.05) is 0 Å². The van der Waals surface area contributed by atoms with E-state index >= 15 is 0 Å². The van der Waals surface area contributed by atoms with Gasteiger partial charge in [0, 0.05) is 12.8 Å². The van der Waals surface area contributed by atoms with Crippen LogP contribution in [0.25, 0.3) is 0 Å². The first-order chi connectivity index (χ1) is 44.5. The number of aliphatic hydroxyl groups excluding tert-OH is 2. The number of hydrogen-bond acceptors (Lipinski definition) is 5. The molecule has 90 heavy (non-hydrogen) atoms. The minimum absolute atomic E-state index is 0.0185. The Morgan fingerprint density at radius 2 is 0.522 bits per heavy atom. The fraction of sp³-hybridized carbons (Fsp3) is 0.929. The van der Waals surface area contributed by atoms with Crippen LogP contribution in [0.4, 0.5) is 0 Å². The fourth-order valence-electron chi connectivity index (χ4n) is 13.4. The van der Waals surface area contributed by atoms with Crippen LogP contribution in [0.2, 0.25) is 0 Å². The number of nitrogens with one attached hydrogen (secondary N) is 1. The summed E-state index contributed by atoms with van der Waals surface area (Å²) in [6, 6.07) is -0.539. The molecule has 0 heterocycles. The molecule has 3 N–H and O–H groups in total. The van der Waals surface area contributed by atoms with Crippen LogP contribution in [-0.2, 0) is 14.3 Å². The maximum atomic E-state index is 12.6. The average molecular weight is 1270 g/mol. The second kappa shape index (κ2) is 79.8. The maximum Gasteiger partial charge on any atom is 0.305 e. The van der Waals surface area contributed by atoms with Gasteiger partial charge in [0.15, 0.2) is 0 Å². The molecule has 0 aromatic heterocycles. The lowest BCUT2D eigenvalue weighted by Gasteiger charge is -2.22. The number of amides is 1. The highest BCUT2D eigenvalue weighted by Crippen LogP contribution is 2.20. The van der Waals surface area contributed by atoms with E-state index in [4.69, 9.17) is 4.74 Å². The zero-order valence-corrected chi connectivity index (χ0v) is 61.4. The van der Waals surface area contributed by atoms with Gasteiger partial charge in [-0.05, 0) is 77.0 Å². The number of carbonyl (C=O) groups is 2. The van der Waals surface area contributed by atoms with Gasteiger partial charge in [0.25, 0.3) is 0 Å². The number of ether oxygens (including phenoxy) is 1. The lowest BCUT2D eigenvalue weighted by molar-refractivity contribution is -0.143.